The second kappa shape index (κ2) is 10.3. The summed E-state index contributed by atoms with van der Waals surface area (Å²) in [5.41, 5.74) is 11.7. The fourth-order valence-corrected chi connectivity index (χ4v) is 8.63. The molecule has 4 nitrogen and oxygen atoms in total. The molecule has 0 aliphatic heterocycles. The van der Waals surface area contributed by atoms with Gasteiger partial charge in [0, 0.05) is 43.6 Å². The van der Waals surface area contributed by atoms with E-state index in [0.29, 0.717) is 5.95 Å². The Bertz CT molecular complexity index is 3290. The number of rotatable bonds is 3. The Labute approximate surface area is 297 Å². The quantitative estimate of drug-likeness (QED) is 0.177. The third kappa shape index (κ3) is 3.75. The van der Waals surface area contributed by atoms with Gasteiger partial charge in [-0.3, -0.25) is 4.57 Å². The van der Waals surface area contributed by atoms with Crippen LogP contribution in [0, 0.1) is 0 Å². The van der Waals surface area contributed by atoms with Gasteiger partial charge in [-0.25, -0.2) is 9.97 Å². The highest BCUT2D eigenvalue weighted by Crippen LogP contribution is 2.52. The van der Waals surface area contributed by atoms with Crippen LogP contribution < -0.4 is 0 Å². The molecule has 0 atom stereocenters. The van der Waals surface area contributed by atoms with Crippen LogP contribution in [0.1, 0.15) is 0 Å². The molecule has 0 radical (unpaired) electrons. The first-order chi connectivity index (χ1) is 25.8. The molecule has 1 aliphatic rings. The molecule has 0 unspecified atom stereocenters. The third-order valence-electron chi connectivity index (χ3n) is 10.9. The smallest absolute Gasteiger partial charge is 0.235 e. The van der Waals surface area contributed by atoms with Crippen molar-refractivity contribution in [3.63, 3.8) is 0 Å². The van der Waals surface area contributed by atoms with Gasteiger partial charge in [0.05, 0.1) is 22.2 Å². The van der Waals surface area contributed by atoms with Crippen LogP contribution >= 0.6 is 0 Å². The number of benzene rings is 8. The van der Waals surface area contributed by atoms with Gasteiger partial charge in [0.1, 0.15) is 11.3 Å². The number of para-hydroxylation sites is 1. The average Bonchev–Trinajstić information content (AvgIpc) is 3.85. The largest absolute Gasteiger partial charge is 0.455 e. The van der Waals surface area contributed by atoms with Crippen molar-refractivity contribution in [2.75, 3.05) is 0 Å². The summed E-state index contributed by atoms with van der Waals surface area (Å²) in [4.78, 5) is 10.7. The maximum Gasteiger partial charge on any atom is 0.235 e. The summed E-state index contributed by atoms with van der Waals surface area (Å²) in [5.74, 6) is 1.61. The average molecular weight is 662 g/mol. The zero-order chi connectivity index (χ0) is 33.9. The van der Waals surface area contributed by atoms with Gasteiger partial charge in [-0.2, -0.15) is 0 Å². The lowest BCUT2D eigenvalue weighted by Crippen LogP contribution is -2.03. The van der Waals surface area contributed by atoms with E-state index >= 15 is 0 Å². The summed E-state index contributed by atoms with van der Waals surface area (Å²) in [6.07, 6.45) is 0. The first kappa shape index (κ1) is 27.7. The Morgan fingerprint density at radius 1 is 0.442 bits per heavy atom. The molecule has 0 saturated carbocycles. The highest BCUT2D eigenvalue weighted by atomic mass is 16.3. The van der Waals surface area contributed by atoms with Crippen LogP contribution in [0.15, 0.2) is 168 Å². The summed E-state index contributed by atoms with van der Waals surface area (Å²) >= 11 is 0. The number of fused-ring (bicyclic) bond motifs is 11. The number of furan rings is 1. The summed E-state index contributed by atoms with van der Waals surface area (Å²) < 4.78 is 8.90. The lowest BCUT2D eigenvalue weighted by atomic mass is 9.99. The molecule has 4 heteroatoms. The van der Waals surface area contributed by atoms with Crippen molar-refractivity contribution < 1.29 is 4.42 Å². The fraction of sp³-hybridized carbons (Fsp3) is 0. The van der Waals surface area contributed by atoms with Gasteiger partial charge in [0.2, 0.25) is 5.95 Å². The molecular weight excluding hydrogens is 635 g/mol. The molecule has 240 valence electrons. The normalized spacial score (nSPS) is 12.2. The Kier molecular flexibility index (Phi) is 5.47. The van der Waals surface area contributed by atoms with E-state index in [9.17, 15) is 0 Å². The number of hydrogen-bond acceptors (Lipinski definition) is 3. The van der Waals surface area contributed by atoms with Gasteiger partial charge in [-0.05, 0) is 63.2 Å². The van der Waals surface area contributed by atoms with E-state index in [2.05, 4.69) is 162 Å². The van der Waals surface area contributed by atoms with Crippen molar-refractivity contribution in [1.82, 2.24) is 14.5 Å². The fourth-order valence-electron chi connectivity index (χ4n) is 8.63. The number of aromatic nitrogens is 3. The van der Waals surface area contributed by atoms with Crippen molar-refractivity contribution in [2.24, 2.45) is 0 Å². The van der Waals surface area contributed by atoms with Crippen molar-refractivity contribution in [3.05, 3.63) is 164 Å². The van der Waals surface area contributed by atoms with E-state index in [4.69, 9.17) is 14.4 Å². The van der Waals surface area contributed by atoms with E-state index in [1.54, 1.807) is 0 Å². The summed E-state index contributed by atoms with van der Waals surface area (Å²) in [7, 11) is 0. The molecule has 0 saturated heterocycles. The van der Waals surface area contributed by atoms with Gasteiger partial charge in [-0.15, -0.1) is 0 Å². The minimum atomic E-state index is 0.649. The molecular formula is C48H27N3O. The molecule has 0 spiro atoms. The van der Waals surface area contributed by atoms with E-state index in [1.807, 2.05) is 6.07 Å². The topological polar surface area (TPSA) is 43.9 Å². The van der Waals surface area contributed by atoms with Crippen molar-refractivity contribution in [1.29, 1.82) is 0 Å². The predicted octanol–water partition coefficient (Wildman–Crippen LogP) is 12.8. The first-order valence-corrected chi connectivity index (χ1v) is 17.7. The van der Waals surface area contributed by atoms with Crippen molar-refractivity contribution in [2.45, 2.75) is 0 Å². The Hall–Kier alpha value is -7.04. The second-order valence-electron chi connectivity index (χ2n) is 13.7. The summed E-state index contributed by atoms with van der Waals surface area (Å²) in [6.45, 7) is 0. The van der Waals surface area contributed by atoms with Gasteiger partial charge in [-0.1, -0.05) is 133 Å². The highest BCUT2D eigenvalue weighted by Gasteiger charge is 2.28. The molecule has 0 N–H and O–H groups in total. The Morgan fingerprint density at radius 2 is 1.15 bits per heavy atom. The molecule has 8 aromatic carbocycles. The zero-order valence-electron chi connectivity index (χ0n) is 27.8. The first-order valence-electron chi connectivity index (χ1n) is 17.7. The van der Waals surface area contributed by atoms with E-state index in [0.717, 1.165) is 71.8 Å². The molecule has 12 rings (SSSR count). The summed E-state index contributed by atoms with van der Waals surface area (Å²) in [6, 6.07) is 58.2. The van der Waals surface area contributed by atoms with Crippen LogP contribution in [0.5, 0.6) is 0 Å². The van der Waals surface area contributed by atoms with Crippen LogP contribution in [-0.4, -0.2) is 14.5 Å². The molecule has 0 bridgehead atoms. The molecule has 3 heterocycles. The Morgan fingerprint density at radius 3 is 2.04 bits per heavy atom. The van der Waals surface area contributed by atoms with E-state index in [-0.39, 0.29) is 0 Å². The van der Waals surface area contributed by atoms with Crippen molar-refractivity contribution >= 4 is 65.2 Å². The van der Waals surface area contributed by atoms with Crippen molar-refractivity contribution in [3.8, 4) is 50.8 Å². The molecule has 0 amide bonds. The number of nitrogens with zero attached hydrogens (tertiary/aromatic N) is 3. The lowest BCUT2D eigenvalue weighted by Gasteiger charge is -2.14. The molecule has 1 aliphatic carbocycles. The van der Waals surface area contributed by atoms with Crippen LogP contribution in [-0.2, 0) is 0 Å². The monoisotopic (exact) mass is 661 g/mol. The molecule has 11 aromatic rings. The van der Waals surface area contributed by atoms with Gasteiger partial charge < -0.3 is 4.42 Å². The van der Waals surface area contributed by atoms with Crippen LogP contribution in [0.3, 0.4) is 0 Å². The summed E-state index contributed by atoms with van der Waals surface area (Å²) in [5, 5.41) is 9.37. The number of hydrogen-bond donors (Lipinski definition) is 0. The van der Waals surface area contributed by atoms with E-state index in [1.165, 1.54) is 38.2 Å². The predicted molar refractivity (Wildman–Crippen MR) is 214 cm³/mol. The maximum atomic E-state index is 6.68. The molecule has 52 heavy (non-hydrogen) atoms. The highest BCUT2D eigenvalue weighted by molar-refractivity contribution is 6.20. The second-order valence-corrected chi connectivity index (χ2v) is 13.7. The molecule has 0 fully saturated rings. The van der Waals surface area contributed by atoms with Crippen LogP contribution in [0.4, 0.5) is 0 Å². The van der Waals surface area contributed by atoms with Crippen LogP contribution in [0.2, 0.25) is 0 Å². The maximum absolute atomic E-state index is 6.68. The SMILES string of the molecule is c1ccc(-c2nc(-n3c4ccccc4c4ccc(-c5ccc6c7c(oc6c5)-c5cccc6cccc-7c56)cc43)nc3ccc4ccccc4c23)cc1. The van der Waals surface area contributed by atoms with Gasteiger partial charge in [0.25, 0.3) is 0 Å². The third-order valence-corrected chi connectivity index (χ3v) is 10.9. The standard InChI is InChI=1S/C48H27N3O/c1-2-11-30(12-3-1)46-45-33-15-5-4-10-28(33)22-25-39(45)49-48(50-46)51-40-19-7-6-16-34(40)35-23-20-31(26-41(35)51)32-21-24-36-42(27-32)52-47-38-18-9-14-29-13-8-17-37(43(29)38)44(36)47/h1-27H. The Balaban J connectivity index is 1.08. The zero-order valence-corrected chi connectivity index (χ0v) is 27.8. The minimum Gasteiger partial charge on any atom is -0.455 e. The molecule has 3 aromatic heterocycles. The van der Waals surface area contributed by atoms with Gasteiger partial charge in [0.15, 0.2) is 0 Å². The minimum absolute atomic E-state index is 0.649. The van der Waals surface area contributed by atoms with Gasteiger partial charge >= 0.3 is 0 Å². The van der Waals surface area contributed by atoms with Crippen LogP contribution in [0.25, 0.3) is 116 Å². The lowest BCUT2D eigenvalue weighted by molar-refractivity contribution is 0.634. The van der Waals surface area contributed by atoms with E-state index < -0.39 is 0 Å².